The molecule has 0 radical (unpaired) electrons. The third kappa shape index (κ3) is 3.07. The first-order valence-corrected chi connectivity index (χ1v) is 11.8. The Hall–Kier alpha value is -3.28. The summed E-state index contributed by atoms with van der Waals surface area (Å²) < 4.78 is 7.71. The fourth-order valence-electron chi connectivity index (χ4n) is 7.33. The molecule has 1 aromatic heterocycles. The lowest BCUT2D eigenvalue weighted by Crippen LogP contribution is -2.59. The fraction of sp³-hybridized carbons (Fsp3) is 0.583. The van der Waals surface area contributed by atoms with Crippen LogP contribution in [-0.2, 0) is 9.53 Å². The third-order valence-electron chi connectivity index (χ3n) is 8.58. The lowest BCUT2D eigenvalue weighted by Gasteiger charge is -2.58. The van der Waals surface area contributed by atoms with Gasteiger partial charge in [-0.2, -0.15) is 5.26 Å². The highest BCUT2D eigenvalue weighted by Crippen LogP contribution is 2.60. The van der Waals surface area contributed by atoms with Crippen molar-refractivity contribution >= 4 is 23.0 Å². The van der Waals surface area contributed by atoms with Gasteiger partial charge >= 0.3 is 11.8 Å². The SMILES string of the molecule is N#Cc1ccc2[nH]c(=O)n([C@@H]3CCN(C(=O)OC4C5CC6C[C@H]4CC(C(N)=O)(C6)C5)C3)c2c1. The van der Waals surface area contributed by atoms with E-state index in [-0.39, 0.29) is 41.7 Å². The summed E-state index contributed by atoms with van der Waals surface area (Å²) in [7, 11) is 0. The predicted molar refractivity (Wildman–Crippen MR) is 118 cm³/mol. The van der Waals surface area contributed by atoms with Gasteiger partial charge in [0.25, 0.3) is 0 Å². The zero-order chi connectivity index (χ0) is 22.9. The number of H-pyrrole nitrogens is 1. The summed E-state index contributed by atoms with van der Waals surface area (Å²) in [6, 6.07) is 7.05. The van der Waals surface area contributed by atoms with Crippen molar-refractivity contribution in [1.82, 2.24) is 14.5 Å². The first-order valence-electron chi connectivity index (χ1n) is 11.8. The number of likely N-dealkylation sites (tertiary alicyclic amines) is 1. The maximum Gasteiger partial charge on any atom is 0.410 e. The average molecular weight is 450 g/mol. The van der Waals surface area contributed by atoms with Crippen LogP contribution >= 0.6 is 0 Å². The van der Waals surface area contributed by atoms with Crippen LogP contribution in [0.5, 0.6) is 0 Å². The van der Waals surface area contributed by atoms with Crippen LogP contribution in [0.3, 0.4) is 0 Å². The summed E-state index contributed by atoms with van der Waals surface area (Å²) in [5.74, 6) is 0.712. The molecule has 2 amide bonds. The van der Waals surface area contributed by atoms with Crippen LogP contribution in [-0.4, -0.2) is 45.6 Å². The molecule has 1 saturated heterocycles. The molecule has 9 nitrogen and oxygen atoms in total. The Morgan fingerprint density at radius 2 is 1.97 bits per heavy atom. The Bertz CT molecular complexity index is 1240. The Labute approximate surface area is 190 Å². The van der Waals surface area contributed by atoms with E-state index in [1.807, 2.05) is 0 Å². The van der Waals surface area contributed by atoms with Gasteiger partial charge in [0.1, 0.15) is 6.10 Å². The van der Waals surface area contributed by atoms with E-state index in [9.17, 15) is 19.6 Å². The number of benzene rings is 1. The molecule has 0 spiro atoms. The molecule has 172 valence electrons. The number of fused-ring (bicyclic) bond motifs is 1. The minimum atomic E-state index is -0.406. The summed E-state index contributed by atoms with van der Waals surface area (Å²) in [5, 5.41) is 9.22. The minimum Gasteiger partial charge on any atom is -0.446 e. The molecule has 4 saturated carbocycles. The molecule has 6 atom stereocenters. The van der Waals surface area contributed by atoms with Crippen molar-refractivity contribution in [1.29, 1.82) is 5.26 Å². The van der Waals surface area contributed by atoms with Crippen molar-refractivity contribution < 1.29 is 14.3 Å². The van der Waals surface area contributed by atoms with E-state index in [2.05, 4.69) is 11.1 Å². The van der Waals surface area contributed by atoms with Crippen molar-refractivity contribution in [3.63, 3.8) is 0 Å². The molecule has 4 bridgehead atoms. The number of aromatic nitrogens is 2. The summed E-state index contributed by atoms with van der Waals surface area (Å²) in [6.45, 7) is 0.898. The maximum atomic E-state index is 13.1. The van der Waals surface area contributed by atoms with Gasteiger partial charge in [0.2, 0.25) is 5.91 Å². The molecular formula is C24H27N5O4. The lowest BCUT2D eigenvalue weighted by atomic mass is 9.48. The van der Waals surface area contributed by atoms with E-state index in [4.69, 9.17) is 10.5 Å². The van der Waals surface area contributed by atoms with Gasteiger partial charge in [-0.3, -0.25) is 9.36 Å². The minimum absolute atomic E-state index is 0.158. The average Bonchev–Trinajstić information content (AvgIpc) is 3.38. The number of ether oxygens (including phenoxy) is 1. The number of aromatic amines is 1. The van der Waals surface area contributed by atoms with Crippen molar-refractivity contribution in [2.24, 2.45) is 28.9 Å². The number of imidazole rings is 1. The van der Waals surface area contributed by atoms with E-state index in [1.165, 1.54) is 0 Å². The Morgan fingerprint density at radius 1 is 1.21 bits per heavy atom. The fourth-order valence-corrected chi connectivity index (χ4v) is 7.33. The Kier molecular flexibility index (Phi) is 4.38. The number of nitrogens with zero attached hydrogens (tertiary/aromatic N) is 3. The van der Waals surface area contributed by atoms with Gasteiger partial charge in [0.15, 0.2) is 0 Å². The van der Waals surface area contributed by atoms with Gasteiger partial charge in [-0.15, -0.1) is 0 Å². The van der Waals surface area contributed by atoms with Crippen LogP contribution in [0.2, 0.25) is 0 Å². The second kappa shape index (κ2) is 7.11. The number of primary amides is 1. The number of amides is 2. The monoisotopic (exact) mass is 449 g/mol. The molecular weight excluding hydrogens is 422 g/mol. The second-order valence-electron chi connectivity index (χ2n) is 10.5. The number of nitrogens with two attached hydrogens (primary N) is 1. The molecule has 4 aliphatic carbocycles. The van der Waals surface area contributed by atoms with E-state index < -0.39 is 5.41 Å². The van der Waals surface area contributed by atoms with Crippen LogP contribution in [0.1, 0.15) is 50.1 Å². The van der Waals surface area contributed by atoms with Crippen LogP contribution < -0.4 is 11.4 Å². The van der Waals surface area contributed by atoms with Gasteiger partial charge in [-0.1, -0.05) is 0 Å². The summed E-state index contributed by atoms with van der Waals surface area (Å²) in [5.41, 5.74) is 6.96. The highest BCUT2D eigenvalue weighted by Gasteiger charge is 2.59. The van der Waals surface area contributed by atoms with E-state index in [1.54, 1.807) is 27.7 Å². The first kappa shape index (κ1) is 20.3. The molecule has 5 fully saturated rings. The van der Waals surface area contributed by atoms with E-state index in [0.717, 1.165) is 32.1 Å². The lowest BCUT2D eigenvalue weighted by molar-refractivity contribution is -0.161. The number of hydrogen-bond donors (Lipinski definition) is 2. The van der Waals surface area contributed by atoms with Crippen molar-refractivity contribution in [3.8, 4) is 6.07 Å². The zero-order valence-electron chi connectivity index (χ0n) is 18.3. The van der Waals surface area contributed by atoms with Crippen LogP contribution in [0, 0.1) is 34.5 Å². The smallest absolute Gasteiger partial charge is 0.410 e. The summed E-state index contributed by atoms with van der Waals surface area (Å²) in [6.07, 6.45) is 4.47. The molecule has 4 unspecified atom stereocenters. The zero-order valence-corrected chi connectivity index (χ0v) is 18.3. The molecule has 1 aliphatic heterocycles. The number of carbonyl (C=O) groups excluding carboxylic acids is 2. The maximum absolute atomic E-state index is 13.1. The third-order valence-corrected chi connectivity index (χ3v) is 8.58. The van der Waals surface area contributed by atoms with Gasteiger partial charge in [-0.25, -0.2) is 9.59 Å². The van der Waals surface area contributed by atoms with Gasteiger partial charge in [-0.05, 0) is 74.5 Å². The van der Waals surface area contributed by atoms with E-state index >= 15 is 0 Å². The number of hydrogen-bond acceptors (Lipinski definition) is 5. The predicted octanol–water partition coefficient (Wildman–Crippen LogP) is 2.26. The first-order chi connectivity index (χ1) is 15.9. The Morgan fingerprint density at radius 3 is 2.67 bits per heavy atom. The molecule has 9 heteroatoms. The van der Waals surface area contributed by atoms with Gasteiger partial charge in [0.05, 0.1) is 34.1 Å². The molecule has 2 aromatic rings. The van der Waals surface area contributed by atoms with Crippen LogP contribution in [0.4, 0.5) is 4.79 Å². The normalized spacial score (nSPS) is 34.5. The summed E-state index contributed by atoms with van der Waals surface area (Å²) in [4.78, 5) is 42.4. The number of rotatable bonds is 3. The van der Waals surface area contributed by atoms with Crippen molar-refractivity contribution in [2.75, 3.05) is 13.1 Å². The van der Waals surface area contributed by atoms with Gasteiger partial charge in [0, 0.05) is 13.1 Å². The van der Waals surface area contributed by atoms with Crippen LogP contribution in [0.25, 0.3) is 11.0 Å². The molecule has 5 aliphatic rings. The van der Waals surface area contributed by atoms with Crippen molar-refractivity contribution in [3.05, 3.63) is 34.2 Å². The van der Waals surface area contributed by atoms with Crippen molar-refractivity contribution in [2.45, 2.75) is 50.7 Å². The molecule has 3 N–H and O–H groups in total. The number of carbonyl (C=O) groups is 2. The molecule has 1 aromatic carbocycles. The summed E-state index contributed by atoms with van der Waals surface area (Å²) >= 11 is 0. The van der Waals surface area contributed by atoms with E-state index in [0.29, 0.717) is 42.0 Å². The molecule has 33 heavy (non-hydrogen) atoms. The Balaban J connectivity index is 1.17. The second-order valence-corrected chi connectivity index (χ2v) is 10.5. The quantitative estimate of drug-likeness (QED) is 0.741. The van der Waals surface area contributed by atoms with Crippen LogP contribution in [0.15, 0.2) is 23.0 Å². The highest BCUT2D eigenvalue weighted by atomic mass is 16.6. The number of nitrogens with one attached hydrogen (secondary N) is 1. The highest BCUT2D eigenvalue weighted by molar-refractivity contribution is 5.81. The standard InChI is InChI=1S/C24H27N5O4/c25-11-13-1-2-18-19(7-13)29(22(31)27-18)17-3-4-28(12-17)23(32)33-20-15-5-14-6-16(20)10-24(8-14,9-15)21(26)30/h1-2,7,14-17,20H,3-6,8-10,12H2,(H2,26,30)(H,27,31)/t14?,15-,16?,17+,20?,24?/m0/s1. The number of nitriles is 1. The molecule has 2 heterocycles. The molecule has 7 rings (SSSR count). The largest absolute Gasteiger partial charge is 0.446 e. The van der Waals surface area contributed by atoms with Gasteiger partial charge < -0.3 is 20.4 Å². The topological polar surface area (TPSA) is 134 Å².